The van der Waals surface area contributed by atoms with Crippen molar-refractivity contribution in [1.29, 1.82) is 0 Å². The fourth-order valence-electron chi connectivity index (χ4n) is 3.03. The van der Waals surface area contributed by atoms with Gasteiger partial charge in [-0.1, -0.05) is 79.0 Å². The Labute approximate surface area is 132 Å². The average molecular weight is 292 g/mol. The van der Waals surface area contributed by atoms with Crippen LogP contribution in [0.2, 0.25) is 0 Å². The standard InChI is InChI=1S/C20H22NO/c1-3-7-18(8-4-1)16-22-21-15-17-11-13-20(14-12-17)19-9-5-2-6-10-19/h1,3-4,7-8,11-14,19H,2,5-6,9-10,16H2. The Bertz CT molecular complexity index is 583. The van der Waals surface area contributed by atoms with Crippen LogP contribution in [0.5, 0.6) is 0 Å². The summed E-state index contributed by atoms with van der Waals surface area (Å²) in [6, 6.07) is 18.6. The minimum absolute atomic E-state index is 0.480. The minimum atomic E-state index is 0.480. The molecule has 113 valence electrons. The van der Waals surface area contributed by atoms with Gasteiger partial charge in [0.25, 0.3) is 0 Å². The summed E-state index contributed by atoms with van der Waals surface area (Å²) in [4.78, 5) is 5.28. The highest BCUT2D eigenvalue weighted by molar-refractivity contribution is 5.79. The molecule has 2 aromatic rings. The maximum Gasteiger partial charge on any atom is 0.142 e. The second kappa shape index (κ2) is 7.79. The van der Waals surface area contributed by atoms with Crippen LogP contribution >= 0.6 is 0 Å². The van der Waals surface area contributed by atoms with E-state index in [0.717, 1.165) is 17.0 Å². The third-order valence-corrected chi connectivity index (χ3v) is 4.30. The summed E-state index contributed by atoms with van der Waals surface area (Å²) in [5, 5.41) is 3.93. The van der Waals surface area contributed by atoms with Crippen molar-refractivity contribution in [3.8, 4) is 0 Å². The summed E-state index contributed by atoms with van der Waals surface area (Å²) in [6.45, 7) is 0.480. The number of hydrogen-bond donors (Lipinski definition) is 0. The molecule has 0 atom stereocenters. The fraction of sp³-hybridized carbons (Fsp3) is 0.350. The topological polar surface area (TPSA) is 21.6 Å². The number of rotatable bonds is 5. The summed E-state index contributed by atoms with van der Waals surface area (Å²) >= 11 is 0. The van der Waals surface area contributed by atoms with E-state index in [1.807, 2.05) is 30.3 Å². The molecule has 0 heterocycles. The van der Waals surface area contributed by atoms with Crippen molar-refractivity contribution in [2.24, 2.45) is 5.16 Å². The molecule has 0 spiro atoms. The molecule has 0 N–H and O–H groups in total. The summed E-state index contributed by atoms with van der Waals surface area (Å²) in [7, 11) is 0. The Morgan fingerprint density at radius 1 is 0.909 bits per heavy atom. The lowest BCUT2D eigenvalue weighted by molar-refractivity contribution is 0.132. The van der Waals surface area contributed by atoms with Crippen LogP contribution in [0.4, 0.5) is 0 Å². The molecular weight excluding hydrogens is 270 g/mol. The lowest BCUT2D eigenvalue weighted by atomic mass is 9.84. The molecule has 1 saturated carbocycles. The van der Waals surface area contributed by atoms with Crippen molar-refractivity contribution < 1.29 is 4.84 Å². The molecule has 0 saturated heterocycles. The van der Waals surface area contributed by atoms with Crippen LogP contribution < -0.4 is 0 Å². The molecule has 22 heavy (non-hydrogen) atoms. The van der Waals surface area contributed by atoms with Crippen molar-refractivity contribution in [3.63, 3.8) is 0 Å². The van der Waals surface area contributed by atoms with E-state index in [2.05, 4.69) is 35.6 Å². The zero-order valence-corrected chi connectivity index (χ0v) is 12.9. The van der Waals surface area contributed by atoms with Gasteiger partial charge in [-0.25, -0.2) is 0 Å². The normalized spacial score (nSPS) is 16.0. The molecule has 1 aliphatic rings. The predicted molar refractivity (Wildman–Crippen MR) is 90.0 cm³/mol. The highest BCUT2D eigenvalue weighted by atomic mass is 16.6. The lowest BCUT2D eigenvalue weighted by Gasteiger charge is -2.21. The first-order valence-electron chi connectivity index (χ1n) is 8.14. The SMILES string of the molecule is [C](=N/OCc1ccccc1)/c1ccc(C2CCCCC2)cc1. The highest BCUT2D eigenvalue weighted by Gasteiger charge is 2.14. The van der Waals surface area contributed by atoms with E-state index in [1.165, 1.54) is 37.7 Å². The molecule has 1 aliphatic carbocycles. The molecule has 0 aliphatic heterocycles. The molecule has 0 bridgehead atoms. The van der Waals surface area contributed by atoms with Crippen LogP contribution in [-0.4, -0.2) is 6.21 Å². The predicted octanol–water partition coefficient (Wildman–Crippen LogP) is 5.16. The van der Waals surface area contributed by atoms with Crippen LogP contribution in [0.1, 0.15) is 54.7 Å². The van der Waals surface area contributed by atoms with Gasteiger partial charge in [0.2, 0.25) is 0 Å². The maximum absolute atomic E-state index is 5.28. The summed E-state index contributed by atoms with van der Waals surface area (Å²) in [6.07, 6.45) is 9.74. The van der Waals surface area contributed by atoms with Gasteiger partial charge in [0, 0.05) is 5.56 Å². The summed E-state index contributed by atoms with van der Waals surface area (Å²) in [5.41, 5.74) is 3.53. The second-order valence-corrected chi connectivity index (χ2v) is 5.92. The molecule has 0 amide bonds. The Balaban J connectivity index is 1.51. The highest BCUT2D eigenvalue weighted by Crippen LogP contribution is 2.32. The minimum Gasteiger partial charge on any atom is -0.390 e. The molecule has 2 heteroatoms. The number of hydrogen-bond acceptors (Lipinski definition) is 2. The van der Waals surface area contributed by atoms with E-state index in [9.17, 15) is 0 Å². The summed E-state index contributed by atoms with van der Waals surface area (Å²) < 4.78 is 0. The van der Waals surface area contributed by atoms with Crippen LogP contribution in [0.25, 0.3) is 0 Å². The molecule has 2 aromatic carbocycles. The Hall–Kier alpha value is -2.09. The third kappa shape index (κ3) is 4.20. The smallest absolute Gasteiger partial charge is 0.142 e. The molecule has 1 fully saturated rings. The van der Waals surface area contributed by atoms with E-state index in [4.69, 9.17) is 4.84 Å². The van der Waals surface area contributed by atoms with Crippen molar-refractivity contribution >= 4 is 6.21 Å². The van der Waals surface area contributed by atoms with Gasteiger partial charge in [0.15, 0.2) is 0 Å². The largest absolute Gasteiger partial charge is 0.390 e. The van der Waals surface area contributed by atoms with Gasteiger partial charge in [-0.15, -0.1) is 0 Å². The molecule has 3 rings (SSSR count). The Morgan fingerprint density at radius 2 is 1.64 bits per heavy atom. The maximum atomic E-state index is 5.28. The molecule has 2 nitrogen and oxygen atoms in total. The van der Waals surface area contributed by atoms with Gasteiger partial charge in [0.05, 0.1) is 0 Å². The molecule has 1 radical (unpaired) electrons. The van der Waals surface area contributed by atoms with Crippen LogP contribution in [-0.2, 0) is 11.4 Å². The molecular formula is C20H22NO. The van der Waals surface area contributed by atoms with Crippen LogP contribution in [0.15, 0.2) is 59.8 Å². The molecule has 0 aromatic heterocycles. The first kappa shape index (κ1) is 14.8. The van der Waals surface area contributed by atoms with Gasteiger partial charge in [-0.05, 0) is 29.9 Å². The van der Waals surface area contributed by atoms with Gasteiger partial charge >= 0.3 is 0 Å². The third-order valence-electron chi connectivity index (χ3n) is 4.30. The zero-order valence-electron chi connectivity index (χ0n) is 12.9. The first-order valence-corrected chi connectivity index (χ1v) is 8.14. The second-order valence-electron chi connectivity index (χ2n) is 5.92. The number of benzene rings is 2. The van der Waals surface area contributed by atoms with E-state index < -0.39 is 0 Å². The van der Waals surface area contributed by atoms with Crippen LogP contribution in [0, 0.1) is 0 Å². The van der Waals surface area contributed by atoms with Gasteiger partial charge in [0.1, 0.15) is 12.8 Å². The molecule has 0 unspecified atom stereocenters. The monoisotopic (exact) mass is 292 g/mol. The van der Waals surface area contributed by atoms with Crippen molar-refractivity contribution in [1.82, 2.24) is 0 Å². The van der Waals surface area contributed by atoms with Gasteiger partial charge in [-0.3, -0.25) is 0 Å². The zero-order chi connectivity index (χ0) is 15.0. The summed E-state index contributed by atoms with van der Waals surface area (Å²) in [5.74, 6) is 0.745. The van der Waals surface area contributed by atoms with Gasteiger partial charge in [-0.2, -0.15) is 0 Å². The van der Waals surface area contributed by atoms with Crippen molar-refractivity contribution in [3.05, 3.63) is 71.3 Å². The lowest BCUT2D eigenvalue weighted by Crippen LogP contribution is -2.04. The first-order chi connectivity index (χ1) is 10.9. The van der Waals surface area contributed by atoms with Crippen LogP contribution in [0.3, 0.4) is 0 Å². The van der Waals surface area contributed by atoms with Crippen molar-refractivity contribution in [2.75, 3.05) is 0 Å². The quantitative estimate of drug-likeness (QED) is 0.551. The Kier molecular flexibility index (Phi) is 5.25. The Morgan fingerprint density at radius 3 is 2.36 bits per heavy atom. The van der Waals surface area contributed by atoms with E-state index >= 15 is 0 Å². The van der Waals surface area contributed by atoms with E-state index in [1.54, 1.807) is 0 Å². The number of nitrogens with zero attached hydrogens (tertiary/aromatic N) is 1. The van der Waals surface area contributed by atoms with E-state index in [-0.39, 0.29) is 0 Å². The van der Waals surface area contributed by atoms with Crippen molar-refractivity contribution in [2.45, 2.75) is 44.6 Å². The average Bonchev–Trinajstić information content (AvgIpc) is 2.61. The van der Waals surface area contributed by atoms with E-state index in [0.29, 0.717) is 6.61 Å². The fourth-order valence-corrected chi connectivity index (χ4v) is 3.03. The van der Waals surface area contributed by atoms with Gasteiger partial charge < -0.3 is 4.84 Å².